The van der Waals surface area contributed by atoms with E-state index in [2.05, 4.69) is 10.3 Å². The Labute approximate surface area is 122 Å². The molecule has 0 aliphatic rings. The number of furan rings is 1. The Hall–Kier alpha value is -1.85. The van der Waals surface area contributed by atoms with E-state index >= 15 is 0 Å². The summed E-state index contributed by atoms with van der Waals surface area (Å²) in [4.78, 5) is 18.0. The van der Waals surface area contributed by atoms with Crippen molar-refractivity contribution < 1.29 is 9.21 Å². The van der Waals surface area contributed by atoms with Gasteiger partial charge in [-0.2, -0.15) is 0 Å². The molecule has 20 heavy (non-hydrogen) atoms. The maximum absolute atomic E-state index is 12.1. The van der Waals surface area contributed by atoms with Crippen LogP contribution >= 0.6 is 11.6 Å². The lowest BCUT2D eigenvalue weighted by Gasteiger charge is -2.22. The molecule has 5 nitrogen and oxygen atoms in total. The molecule has 0 saturated heterocycles. The first-order valence-corrected chi connectivity index (χ1v) is 6.59. The fourth-order valence-corrected chi connectivity index (χ4v) is 1.78. The first-order chi connectivity index (χ1) is 9.56. The van der Waals surface area contributed by atoms with Gasteiger partial charge < -0.3 is 9.73 Å². The molecule has 0 bridgehead atoms. The van der Waals surface area contributed by atoms with E-state index in [1.165, 1.54) is 6.20 Å². The number of pyridine rings is 1. The number of halogens is 1. The molecule has 1 atom stereocenters. The van der Waals surface area contributed by atoms with Gasteiger partial charge in [-0.15, -0.1) is 0 Å². The van der Waals surface area contributed by atoms with Crippen molar-refractivity contribution in [3.05, 3.63) is 47.5 Å². The van der Waals surface area contributed by atoms with E-state index in [1.807, 2.05) is 31.0 Å². The van der Waals surface area contributed by atoms with E-state index in [1.54, 1.807) is 18.4 Å². The largest absolute Gasteiger partial charge is 0.468 e. The molecule has 1 N–H and O–H groups in total. The van der Waals surface area contributed by atoms with Gasteiger partial charge in [-0.1, -0.05) is 11.6 Å². The predicted molar refractivity (Wildman–Crippen MR) is 77.5 cm³/mol. The lowest BCUT2D eigenvalue weighted by atomic mass is 10.2. The number of rotatable bonds is 5. The molecule has 2 heterocycles. The van der Waals surface area contributed by atoms with Gasteiger partial charge in [-0.05, 0) is 38.2 Å². The van der Waals surface area contributed by atoms with E-state index in [0.29, 0.717) is 17.4 Å². The number of nitrogens with one attached hydrogen (secondary N) is 1. The van der Waals surface area contributed by atoms with Crippen LogP contribution in [-0.4, -0.2) is 28.9 Å². The monoisotopic (exact) mass is 293 g/mol. The zero-order valence-electron chi connectivity index (χ0n) is 11.3. The van der Waals surface area contributed by atoms with Crippen molar-refractivity contribution in [2.75, 3.05) is 12.4 Å². The minimum Gasteiger partial charge on any atom is -0.468 e. The Morgan fingerprint density at radius 2 is 2.30 bits per heavy atom. The molecule has 0 radical (unpaired) electrons. The first-order valence-electron chi connectivity index (χ1n) is 6.21. The number of carbonyl (C=O) groups excluding carboxylic acids is 1. The lowest BCUT2D eigenvalue weighted by molar-refractivity contribution is -0.120. The van der Waals surface area contributed by atoms with E-state index in [0.717, 1.165) is 5.76 Å². The van der Waals surface area contributed by atoms with Crippen molar-refractivity contribution in [2.24, 2.45) is 0 Å². The standard InChI is InChI=1S/C14H16ClN3O2/c1-10(18(2)9-12-4-3-7-20-12)14(19)17-13-6-5-11(15)8-16-13/h3-8,10H,9H2,1-2H3,(H,16,17,19). The maximum Gasteiger partial charge on any atom is 0.242 e. The highest BCUT2D eigenvalue weighted by atomic mass is 35.5. The number of hydrogen-bond donors (Lipinski definition) is 1. The third kappa shape index (κ3) is 3.82. The fraction of sp³-hybridized carbons (Fsp3) is 0.286. The van der Waals surface area contributed by atoms with Crippen LogP contribution in [0, 0.1) is 0 Å². The van der Waals surface area contributed by atoms with Gasteiger partial charge in [-0.3, -0.25) is 9.69 Å². The van der Waals surface area contributed by atoms with E-state index < -0.39 is 0 Å². The Morgan fingerprint density at radius 3 is 2.90 bits per heavy atom. The Morgan fingerprint density at radius 1 is 1.50 bits per heavy atom. The molecule has 0 aliphatic carbocycles. The number of likely N-dealkylation sites (N-methyl/N-ethyl adjacent to an activating group) is 1. The fourth-order valence-electron chi connectivity index (χ4n) is 1.67. The summed E-state index contributed by atoms with van der Waals surface area (Å²) in [6.45, 7) is 2.39. The molecule has 0 saturated carbocycles. The maximum atomic E-state index is 12.1. The minimum atomic E-state index is -0.308. The summed E-state index contributed by atoms with van der Waals surface area (Å²) in [5, 5.41) is 3.28. The second-order valence-corrected chi connectivity index (χ2v) is 4.96. The van der Waals surface area contributed by atoms with Crippen LogP contribution in [0.4, 0.5) is 5.82 Å². The Balaban J connectivity index is 1.92. The van der Waals surface area contributed by atoms with Crippen molar-refractivity contribution in [2.45, 2.75) is 19.5 Å². The van der Waals surface area contributed by atoms with Crippen LogP contribution in [0.25, 0.3) is 0 Å². The Bertz CT molecular complexity index is 554. The van der Waals surface area contributed by atoms with E-state index in [9.17, 15) is 4.79 Å². The van der Waals surface area contributed by atoms with Crippen LogP contribution < -0.4 is 5.32 Å². The summed E-state index contributed by atoms with van der Waals surface area (Å²) in [7, 11) is 1.86. The van der Waals surface area contributed by atoms with Crippen LogP contribution in [-0.2, 0) is 11.3 Å². The summed E-state index contributed by atoms with van der Waals surface area (Å²) >= 11 is 5.75. The minimum absolute atomic E-state index is 0.131. The number of anilines is 1. The summed E-state index contributed by atoms with van der Waals surface area (Å²) in [6, 6.07) is 6.74. The first kappa shape index (κ1) is 14.6. The molecule has 1 unspecified atom stereocenters. The van der Waals surface area contributed by atoms with Gasteiger partial charge in [-0.25, -0.2) is 4.98 Å². The summed E-state index contributed by atoms with van der Waals surface area (Å²) < 4.78 is 5.27. The van der Waals surface area contributed by atoms with Crippen LogP contribution in [0.2, 0.25) is 5.02 Å². The highest BCUT2D eigenvalue weighted by Crippen LogP contribution is 2.11. The van der Waals surface area contributed by atoms with Gasteiger partial charge in [0.25, 0.3) is 0 Å². The van der Waals surface area contributed by atoms with Crippen molar-refractivity contribution in [3.63, 3.8) is 0 Å². The number of nitrogens with zero attached hydrogens (tertiary/aromatic N) is 2. The molecule has 2 aromatic heterocycles. The van der Waals surface area contributed by atoms with Crippen LogP contribution in [0.5, 0.6) is 0 Å². The second-order valence-electron chi connectivity index (χ2n) is 4.52. The van der Waals surface area contributed by atoms with Crippen LogP contribution in [0.1, 0.15) is 12.7 Å². The van der Waals surface area contributed by atoms with Crippen LogP contribution in [0.15, 0.2) is 41.1 Å². The summed E-state index contributed by atoms with van der Waals surface area (Å²) in [5.74, 6) is 1.17. The normalized spacial score (nSPS) is 12.4. The zero-order chi connectivity index (χ0) is 14.5. The molecular weight excluding hydrogens is 278 g/mol. The summed E-state index contributed by atoms with van der Waals surface area (Å²) in [5.41, 5.74) is 0. The SMILES string of the molecule is CC(C(=O)Nc1ccc(Cl)cn1)N(C)Cc1ccco1. The molecular formula is C14H16ClN3O2. The number of carbonyl (C=O) groups is 1. The second kappa shape index (κ2) is 6.54. The van der Waals surface area contributed by atoms with Crippen molar-refractivity contribution >= 4 is 23.3 Å². The molecule has 2 rings (SSSR count). The average Bonchev–Trinajstić information content (AvgIpc) is 2.93. The number of amides is 1. The third-order valence-electron chi connectivity index (χ3n) is 3.00. The van der Waals surface area contributed by atoms with Gasteiger partial charge in [0, 0.05) is 6.20 Å². The molecule has 106 valence electrons. The van der Waals surface area contributed by atoms with Gasteiger partial charge in [0.1, 0.15) is 11.6 Å². The topological polar surface area (TPSA) is 58.4 Å². The molecule has 2 aromatic rings. The molecule has 6 heteroatoms. The summed E-state index contributed by atoms with van der Waals surface area (Å²) in [6.07, 6.45) is 3.11. The van der Waals surface area contributed by atoms with Gasteiger partial charge >= 0.3 is 0 Å². The third-order valence-corrected chi connectivity index (χ3v) is 3.23. The number of hydrogen-bond acceptors (Lipinski definition) is 4. The van der Waals surface area contributed by atoms with Crippen molar-refractivity contribution in [1.29, 1.82) is 0 Å². The van der Waals surface area contributed by atoms with E-state index in [4.69, 9.17) is 16.0 Å². The highest BCUT2D eigenvalue weighted by Gasteiger charge is 2.19. The molecule has 0 aliphatic heterocycles. The quantitative estimate of drug-likeness (QED) is 0.921. The molecule has 0 fully saturated rings. The molecule has 0 aromatic carbocycles. The van der Waals surface area contributed by atoms with Gasteiger partial charge in [0.05, 0.1) is 23.9 Å². The lowest BCUT2D eigenvalue weighted by Crippen LogP contribution is -2.39. The van der Waals surface area contributed by atoms with Gasteiger partial charge in [0.2, 0.25) is 5.91 Å². The highest BCUT2D eigenvalue weighted by molar-refractivity contribution is 6.30. The van der Waals surface area contributed by atoms with Crippen molar-refractivity contribution in [1.82, 2.24) is 9.88 Å². The van der Waals surface area contributed by atoms with Gasteiger partial charge in [0.15, 0.2) is 0 Å². The average molecular weight is 294 g/mol. The molecule has 0 spiro atoms. The van der Waals surface area contributed by atoms with E-state index in [-0.39, 0.29) is 11.9 Å². The predicted octanol–water partition coefficient (Wildman–Crippen LogP) is 2.79. The smallest absolute Gasteiger partial charge is 0.242 e. The zero-order valence-corrected chi connectivity index (χ0v) is 12.1. The number of aromatic nitrogens is 1. The Kier molecular flexibility index (Phi) is 4.76. The van der Waals surface area contributed by atoms with Crippen LogP contribution in [0.3, 0.4) is 0 Å². The van der Waals surface area contributed by atoms with Crippen molar-refractivity contribution in [3.8, 4) is 0 Å². The molecule has 1 amide bonds.